The highest BCUT2D eigenvalue weighted by molar-refractivity contribution is 5.92. The number of benzene rings is 2. The molecule has 1 heterocycles. The average Bonchev–Trinajstić information content (AvgIpc) is 3.18. The molecule has 2 aromatic carbocycles. The Morgan fingerprint density at radius 3 is 2.76 bits per heavy atom. The van der Waals surface area contributed by atoms with Crippen LogP contribution in [0.15, 0.2) is 48.6 Å². The molecule has 0 spiro atoms. The van der Waals surface area contributed by atoms with Gasteiger partial charge in [0.05, 0.1) is 11.0 Å². The number of hydrogen-bond donors (Lipinski definition) is 3. The van der Waals surface area contributed by atoms with Crippen molar-refractivity contribution in [3.05, 3.63) is 69.8 Å². The number of allylic oxidation sites excluding steroid dienone is 2. The van der Waals surface area contributed by atoms with Crippen LogP contribution in [0.1, 0.15) is 43.4 Å². The lowest BCUT2D eigenvalue weighted by molar-refractivity contribution is -0.385. The van der Waals surface area contributed by atoms with Crippen molar-refractivity contribution in [2.75, 3.05) is 10.6 Å². The molecule has 29 heavy (non-hydrogen) atoms. The number of non-ortho nitro benzene ring substituents is 1. The third-order valence-corrected chi connectivity index (χ3v) is 5.71. The van der Waals surface area contributed by atoms with Gasteiger partial charge in [-0.1, -0.05) is 26.0 Å². The van der Waals surface area contributed by atoms with Gasteiger partial charge < -0.3 is 15.7 Å². The Balaban J connectivity index is 1.71. The molecule has 3 N–H and O–H groups in total. The molecule has 3 unspecified atom stereocenters. The molecule has 0 saturated carbocycles. The Hall–Kier alpha value is -3.35. The summed E-state index contributed by atoms with van der Waals surface area (Å²) in [6, 6.07) is 9.63. The van der Waals surface area contributed by atoms with Crippen LogP contribution >= 0.6 is 0 Å². The number of phenols is 1. The Morgan fingerprint density at radius 2 is 2.03 bits per heavy atom. The van der Waals surface area contributed by atoms with E-state index in [9.17, 15) is 20.0 Å². The molecule has 150 valence electrons. The number of hydrogen-bond acceptors (Lipinski definition) is 5. The summed E-state index contributed by atoms with van der Waals surface area (Å²) in [4.78, 5) is 22.8. The minimum absolute atomic E-state index is 0.0355. The van der Waals surface area contributed by atoms with Crippen LogP contribution in [-0.4, -0.2) is 15.9 Å². The molecule has 4 rings (SSSR count). The summed E-state index contributed by atoms with van der Waals surface area (Å²) in [6.07, 6.45) is 5.04. The van der Waals surface area contributed by atoms with Gasteiger partial charge in [-0.25, -0.2) is 0 Å². The van der Waals surface area contributed by atoms with Crippen molar-refractivity contribution < 1.29 is 14.8 Å². The molecule has 0 radical (unpaired) electrons. The normalized spacial score (nSPS) is 22.0. The van der Waals surface area contributed by atoms with Crippen molar-refractivity contribution in [3.63, 3.8) is 0 Å². The molecule has 1 aliphatic carbocycles. The van der Waals surface area contributed by atoms with Crippen LogP contribution in [0.3, 0.4) is 0 Å². The Labute approximate surface area is 168 Å². The summed E-state index contributed by atoms with van der Waals surface area (Å²) in [6.45, 7) is 3.70. The van der Waals surface area contributed by atoms with Gasteiger partial charge in [-0.3, -0.25) is 14.9 Å². The van der Waals surface area contributed by atoms with Gasteiger partial charge in [-0.05, 0) is 42.2 Å². The van der Waals surface area contributed by atoms with Gasteiger partial charge in [0.15, 0.2) is 0 Å². The first-order valence-electron chi connectivity index (χ1n) is 9.70. The first-order chi connectivity index (χ1) is 13.8. The van der Waals surface area contributed by atoms with E-state index in [0.29, 0.717) is 5.56 Å². The number of nitrogens with one attached hydrogen (secondary N) is 2. The predicted octanol–water partition coefficient (Wildman–Crippen LogP) is 4.72. The number of nitro groups is 1. The standard InChI is InChI=1S/C22H23N3O4/c1-12(2)22(27)23-13-6-8-19-17(10-13)15-4-3-5-16(15)21(24-19)18-11-14(25(28)29)7-9-20(18)26/h3-4,6-12,15-16,21,24,26H,5H2,1-2H3,(H,23,27). The third-order valence-electron chi connectivity index (χ3n) is 5.71. The summed E-state index contributed by atoms with van der Waals surface area (Å²) >= 11 is 0. The number of carbonyl (C=O) groups excluding carboxylic acids is 1. The molecule has 3 atom stereocenters. The smallest absolute Gasteiger partial charge is 0.270 e. The fourth-order valence-corrected chi connectivity index (χ4v) is 4.17. The van der Waals surface area contributed by atoms with E-state index in [1.807, 2.05) is 32.0 Å². The van der Waals surface area contributed by atoms with Gasteiger partial charge in [0, 0.05) is 40.9 Å². The van der Waals surface area contributed by atoms with Gasteiger partial charge >= 0.3 is 0 Å². The van der Waals surface area contributed by atoms with Crippen molar-refractivity contribution in [3.8, 4) is 5.75 Å². The molecule has 2 aromatic rings. The van der Waals surface area contributed by atoms with Crippen LogP contribution in [0.25, 0.3) is 0 Å². The first kappa shape index (κ1) is 19.0. The largest absolute Gasteiger partial charge is 0.508 e. The van der Waals surface area contributed by atoms with Gasteiger partial charge in [-0.15, -0.1) is 0 Å². The summed E-state index contributed by atoms with van der Waals surface area (Å²) in [5.74, 6) is 0.122. The van der Waals surface area contributed by atoms with Crippen molar-refractivity contribution in [1.29, 1.82) is 0 Å². The van der Waals surface area contributed by atoms with Crippen LogP contribution in [0.5, 0.6) is 5.75 Å². The minimum Gasteiger partial charge on any atom is -0.508 e. The number of nitrogens with zero attached hydrogens (tertiary/aromatic N) is 1. The number of aromatic hydroxyl groups is 1. The highest BCUT2D eigenvalue weighted by Gasteiger charge is 2.39. The molecular weight excluding hydrogens is 370 g/mol. The second-order valence-electron chi connectivity index (χ2n) is 7.92. The molecule has 0 bridgehead atoms. The van der Waals surface area contributed by atoms with Crippen molar-refractivity contribution >= 4 is 23.0 Å². The molecule has 7 heteroatoms. The maximum atomic E-state index is 12.0. The summed E-state index contributed by atoms with van der Waals surface area (Å²) < 4.78 is 0. The SMILES string of the molecule is CC(C)C(=O)Nc1ccc2c(c1)C1C=CCC1C(c1cc([N+](=O)[O-])ccc1O)N2. The number of carbonyl (C=O) groups is 1. The number of fused-ring (bicyclic) bond motifs is 3. The molecule has 0 aromatic heterocycles. The van der Waals surface area contributed by atoms with Crippen LogP contribution < -0.4 is 10.6 Å². The van der Waals surface area contributed by atoms with Crippen LogP contribution in [0, 0.1) is 22.0 Å². The summed E-state index contributed by atoms with van der Waals surface area (Å²) in [5, 5.41) is 28.0. The molecular formula is C22H23N3O4. The van der Waals surface area contributed by atoms with E-state index < -0.39 is 4.92 Å². The van der Waals surface area contributed by atoms with Crippen molar-refractivity contribution in [2.45, 2.75) is 32.2 Å². The first-order valence-corrected chi connectivity index (χ1v) is 9.70. The third kappa shape index (κ3) is 3.44. The fraction of sp³-hybridized carbons (Fsp3) is 0.318. The van der Waals surface area contributed by atoms with E-state index in [0.717, 1.165) is 23.4 Å². The van der Waals surface area contributed by atoms with Crippen LogP contribution in [-0.2, 0) is 4.79 Å². The summed E-state index contributed by atoms with van der Waals surface area (Å²) in [7, 11) is 0. The quantitative estimate of drug-likeness (QED) is 0.396. The second kappa shape index (κ2) is 7.24. The maximum absolute atomic E-state index is 12.0. The van der Waals surface area contributed by atoms with Gasteiger partial charge in [0.25, 0.3) is 5.69 Å². The predicted molar refractivity (Wildman–Crippen MR) is 111 cm³/mol. The molecule has 1 amide bonds. The van der Waals surface area contributed by atoms with E-state index in [2.05, 4.69) is 22.8 Å². The van der Waals surface area contributed by atoms with E-state index in [4.69, 9.17) is 0 Å². The lowest BCUT2D eigenvalue weighted by Gasteiger charge is -2.37. The van der Waals surface area contributed by atoms with Crippen LogP contribution in [0.2, 0.25) is 0 Å². The topological polar surface area (TPSA) is 104 Å². The number of nitro benzene ring substituents is 1. The average molecular weight is 393 g/mol. The van der Waals surface area contributed by atoms with Gasteiger partial charge in [0.2, 0.25) is 5.91 Å². The molecule has 2 aliphatic rings. The molecule has 1 aliphatic heterocycles. The zero-order valence-electron chi connectivity index (χ0n) is 16.3. The lowest BCUT2D eigenvalue weighted by Crippen LogP contribution is -2.29. The minimum atomic E-state index is -0.451. The lowest BCUT2D eigenvalue weighted by atomic mass is 9.76. The van der Waals surface area contributed by atoms with Crippen molar-refractivity contribution in [1.82, 2.24) is 0 Å². The maximum Gasteiger partial charge on any atom is 0.270 e. The number of rotatable bonds is 4. The fourth-order valence-electron chi connectivity index (χ4n) is 4.17. The monoisotopic (exact) mass is 393 g/mol. The highest BCUT2D eigenvalue weighted by atomic mass is 16.6. The number of amides is 1. The Kier molecular flexibility index (Phi) is 4.74. The number of phenolic OH excluding ortho intramolecular Hbond substituents is 1. The van der Waals surface area contributed by atoms with E-state index in [1.54, 1.807) is 0 Å². The highest BCUT2D eigenvalue weighted by Crippen LogP contribution is 2.51. The van der Waals surface area contributed by atoms with E-state index >= 15 is 0 Å². The van der Waals surface area contributed by atoms with Crippen molar-refractivity contribution in [2.24, 2.45) is 11.8 Å². The van der Waals surface area contributed by atoms with Gasteiger partial charge in [0.1, 0.15) is 5.75 Å². The number of anilines is 2. The molecule has 7 nitrogen and oxygen atoms in total. The van der Waals surface area contributed by atoms with E-state index in [-0.39, 0.29) is 41.1 Å². The Morgan fingerprint density at radius 1 is 1.24 bits per heavy atom. The van der Waals surface area contributed by atoms with E-state index in [1.165, 1.54) is 18.2 Å². The molecule has 0 fully saturated rings. The molecule has 0 saturated heterocycles. The second-order valence-corrected chi connectivity index (χ2v) is 7.92. The zero-order valence-corrected chi connectivity index (χ0v) is 16.3. The zero-order chi connectivity index (χ0) is 20.7. The summed E-state index contributed by atoms with van der Waals surface area (Å²) in [5.41, 5.74) is 3.21. The van der Waals surface area contributed by atoms with Crippen LogP contribution in [0.4, 0.5) is 17.1 Å². The Bertz CT molecular complexity index is 1020. The van der Waals surface area contributed by atoms with Gasteiger partial charge in [-0.2, -0.15) is 0 Å².